The third-order valence-electron chi connectivity index (χ3n) is 25.2. The van der Waals surface area contributed by atoms with Crippen molar-refractivity contribution in [2.75, 3.05) is 0 Å². The van der Waals surface area contributed by atoms with Gasteiger partial charge in [0.25, 0.3) is 22.2 Å². The molecule has 4 N–H and O–H groups in total. The SMILES string of the molecule is Cc1noc([C@@H]2CC[C@@H]2c2nc3c(cnn3C3CCC(C)(F)CC3)c(=O)[nH]2)n1.Cc1noc([C@@H]2CC[C@H]2c2nc3c(cnn3C3CCC(C)(F)CC3)c(=O)[nH]2)n1.Cc1noc([C@H]2CC[C@@H]2c2nc3c(cnn3C3CCC(C)(F)CC3)c(=O)[nH]2)n1.Cc1noc([C@H]2CC[C@H]2c2nc3c(cnn3C3CCC(C)(F)CC3)c(=O)[nH]2)n1. The Kier molecular flexibility index (Phi) is 19.3. The molecule has 0 radical (unpaired) electrons. The van der Waals surface area contributed by atoms with Crippen LogP contribution in [0.3, 0.4) is 0 Å². The molecule has 0 spiro atoms. The summed E-state index contributed by atoms with van der Waals surface area (Å²) in [6.45, 7) is 13.8. The van der Waals surface area contributed by atoms with Crippen molar-refractivity contribution in [2.24, 2.45) is 0 Å². The summed E-state index contributed by atoms with van der Waals surface area (Å²) in [5.74, 6) is 7.80. The lowest BCUT2D eigenvalue weighted by molar-refractivity contribution is 0.103. The van der Waals surface area contributed by atoms with Gasteiger partial charge in [-0.2, -0.15) is 40.3 Å². The summed E-state index contributed by atoms with van der Waals surface area (Å²) in [7, 11) is 0. The molecular weight excluding hydrogens is 1450 g/mol. The topological polar surface area (TPSA) is 410 Å². The van der Waals surface area contributed by atoms with Crippen molar-refractivity contribution in [3.63, 3.8) is 0 Å². The van der Waals surface area contributed by atoms with E-state index in [1.807, 2.05) is 18.7 Å². The van der Waals surface area contributed by atoms with Crippen molar-refractivity contribution in [1.82, 2.24) is 120 Å². The van der Waals surface area contributed by atoms with E-state index < -0.39 is 22.7 Å². The van der Waals surface area contributed by atoms with Gasteiger partial charge in [0.1, 0.15) is 67.5 Å². The summed E-state index contributed by atoms with van der Waals surface area (Å²) in [5, 5.41) is 35.1. The van der Waals surface area contributed by atoms with Gasteiger partial charge in [-0.3, -0.25) is 19.2 Å². The highest BCUT2D eigenvalue weighted by Crippen LogP contribution is 2.52. The zero-order valence-corrected chi connectivity index (χ0v) is 63.9. The Labute approximate surface area is 636 Å². The first-order valence-corrected chi connectivity index (χ1v) is 39.5. The zero-order chi connectivity index (χ0) is 77.9. The number of aromatic amines is 4. The van der Waals surface area contributed by atoms with Crippen LogP contribution in [0.1, 0.15) is 323 Å². The van der Waals surface area contributed by atoms with E-state index in [0.717, 1.165) is 51.4 Å². The molecule has 0 amide bonds. The molecule has 8 aliphatic rings. The van der Waals surface area contributed by atoms with Gasteiger partial charge in [-0.25, -0.2) is 56.2 Å². The average Bonchev–Trinajstić information content (AvgIpc) is 1.54. The molecule has 12 aromatic rings. The number of alkyl halides is 4. The minimum Gasteiger partial charge on any atom is -0.339 e. The number of nitrogens with zero attached hydrogens (tertiary/aromatic N) is 20. The van der Waals surface area contributed by atoms with Gasteiger partial charge in [0.05, 0.1) is 49.0 Å². The molecule has 592 valence electrons. The standard InChI is InChI=1S/4C19H23FN6O2/c4*1-10-22-18(28-25-10)13-4-3-12(13)15-23-16-14(17(27)24-15)9-21-26(16)11-5-7-19(2,20)8-6-11/h4*9,11-13H,3-8H2,1-2H3,(H,23,24,27)/t2*11?,12-,13+,19?;2*11?,12-,13-,19?/m1010/s1. The van der Waals surface area contributed by atoms with Crippen LogP contribution >= 0.6 is 0 Å². The fraction of sp³-hybridized carbons (Fsp3) is 0.632. The van der Waals surface area contributed by atoms with Gasteiger partial charge >= 0.3 is 0 Å². The maximum atomic E-state index is 14.2. The average molecular weight is 1550 g/mol. The molecule has 0 aromatic carbocycles. The van der Waals surface area contributed by atoms with Crippen LogP contribution < -0.4 is 22.2 Å². The normalized spacial score (nSPS) is 30.5. The second-order valence-corrected chi connectivity index (χ2v) is 33.6. The zero-order valence-electron chi connectivity index (χ0n) is 63.9. The number of aromatic nitrogens is 24. The molecule has 0 bridgehead atoms. The van der Waals surface area contributed by atoms with Crippen LogP contribution in [0.4, 0.5) is 17.6 Å². The Morgan fingerprint density at radius 2 is 0.491 bits per heavy atom. The predicted octanol–water partition coefficient (Wildman–Crippen LogP) is 13.3. The molecule has 36 heteroatoms. The molecule has 0 saturated heterocycles. The monoisotopic (exact) mass is 1540 g/mol. The molecule has 8 atom stereocenters. The van der Waals surface area contributed by atoms with E-state index in [0.29, 0.717) is 217 Å². The van der Waals surface area contributed by atoms with E-state index in [1.165, 1.54) is 0 Å². The van der Waals surface area contributed by atoms with Gasteiger partial charge < -0.3 is 38.0 Å². The lowest BCUT2D eigenvalue weighted by Crippen LogP contribution is -2.29. The Bertz CT molecular complexity index is 4980. The van der Waals surface area contributed by atoms with Crippen molar-refractivity contribution in [3.05, 3.63) is 136 Å². The number of H-pyrrole nitrogens is 4. The van der Waals surface area contributed by atoms with Gasteiger partial charge in [-0.15, -0.1) is 0 Å². The van der Waals surface area contributed by atoms with Crippen LogP contribution in [0, 0.1) is 27.7 Å². The number of halogens is 4. The summed E-state index contributed by atoms with van der Waals surface area (Å²) < 4.78 is 85.3. The molecule has 12 heterocycles. The third-order valence-corrected chi connectivity index (χ3v) is 25.2. The summed E-state index contributed by atoms with van der Waals surface area (Å²) in [6, 6.07) is 0.275. The summed E-state index contributed by atoms with van der Waals surface area (Å²) >= 11 is 0. The van der Waals surface area contributed by atoms with Crippen molar-refractivity contribution in [1.29, 1.82) is 0 Å². The maximum absolute atomic E-state index is 14.2. The van der Waals surface area contributed by atoms with Crippen LogP contribution in [0.2, 0.25) is 0 Å². The predicted molar refractivity (Wildman–Crippen MR) is 396 cm³/mol. The first-order chi connectivity index (χ1) is 53.6. The van der Waals surface area contributed by atoms with Crippen LogP contribution in [-0.2, 0) is 0 Å². The molecule has 8 saturated carbocycles. The lowest BCUT2D eigenvalue weighted by atomic mass is 9.73. The van der Waals surface area contributed by atoms with E-state index in [4.69, 9.17) is 38.0 Å². The van der Waals surface area contributed by atoms with Gasteiger partial charge in [-0.1, -0.05) is 20.6 Å². The number of aryl methyl sites for hydroxylation is 4. The minimum absolute atomic E-state index is 0.0424. The van der Waals surface area contributed by atoms with Crippen LogP contribution in [0.25, 0.3) is 44.1 Å². The highest BCUT2D eigenvalue weighted by atomic mass is 19.2. The van der Waals surface area contributed by atoms with E-state index >= 15 is 0 Å². The Morgan fingerprint density at radius 1 is 0.304 bits per heavy atom. The molecule has 112 heavy (non-hydrogen) atoms. The molecule has 0 aliphatic heterocycles. The largest absolute Gasteiger partial charge is 0.339 e. The van der Waals surface area contributed by atoms with Gasteiger partial charge in [0.15, 0.2) is 45.9 Å². The summed E-state index contributed by atoms with van der Waals surface area (Å²) in [5.41, 5.74) is -2.89. The van der Waals surface area contributed by atoms with E-state index in [-0.39, 0.29) is 93.7 Å². The van der Waals surface area contributed by atoms with E-state index in [2.05, 4.69) is 80.9 Å². The Morgan fingerprint density at radius 3 is 0.652 bits per heavy atom. The van der Waals surface area contributed by atoms with Crippen LogP contribution in [0.15, 0.2) is 62.1 Å². The molecule has 8 fully saturated rings. The quantitative estimate of drug-likeness (QED) is 0.0825. The molecular formula is C76H92F4N24O8. The van der Waals surface area contributed by atoms with Crippen molar-refractivity contribution >= 4 is 44.1 Å². The number of nitrogens with one attached hydrogen (secondary N) is 4. The number of hydrogen-bond donors (Lipinski definition) is 4. The van der Waals surface area contributed by atoms with Crippen molar-refractivity contribution in [2.45, 2.75) is 304 Å². The van der Waals surface area contributed by atoms with E-state index in [1.54, 1.807) is 80.2 Å². The van der Waals surface area contributed by atoms with Gasteiger partial charge in [0, 0.05) is 47.3 Å². The molecule has 12 aromatic heterocycles. The summed E-state index contributed by atoms with van der Waals surface area (Å²) in [4.78, 5) is 98.6. The van der Waals surface area contributed by atoms with Gasteiger partial charge in [0.2, 0.25) is 23.6 Å². The van der Waals surface area contributed by atoms with Gasteiger partial charge in [-0.05, 0) is 209 Å². The number of rotatable bonds is 12. The van der Waals surface area contributed by atoms with Crippen LogP contribution in [-0.4, -0.2) is 142 Å². The molecule has 20 rings (SSSR count). The second kappa shape index (κ2) is 29.0. The molecule has 32 nitrogen and oxygen atoms in total. The van der Waals surface area contributed by atoms with Crippen molar-refractivity contribution < 1.29 is 35.7 Å². The smallest absolute Gasteiger partial charge is 0.262 e. The third kappa shape index (κ3) is 14.6. The fourth-order valence-corrected chi connectivity index (χ4v) is 17.7. The second-order valence-electron chi connectivity index (χ2n) is 33.6. The molecule has 0 unspecified atom stereocenters. The first-order valence-electron chi connectivity index (χ1n) is 39.5. The number of hydrogen-bond acceptors (Lipinski definition) is 24. The van der Waals surface area contributed by atoms with Crippen LogP contribution in [0.5, 0.6) is 0 Å². The highest BCUT2D eigenvalue weighted by Gasteiger charge is 2.45. The van der Waals surface area contributed by atoms with Crippen molar-refractivity contribution in [3.8, 4) is 0 Å². The first kappa shape index (κ1) is 74.4. The summed E-state index contributed by atoms with van der Waals surface area (Å²) in [6.07, 6.45) is 23.1. The maximum Gasteiger partial charge on any atom is 0.262 e. The lowest BCUT2D eigenvalue weighted by Gasteiger charge is -2.33. The highest BCUT2D eigenvalue weighted by molar-refractivity contribution is 5.75. The Balaban J connectivity index is 0.000000108. The van der Waals surface area contributed by atoms with E-state index in [9.17, 15) is 36.7 Å². The Hall–Kier alpha value is -10.3. The fourth-order valence-electron chi connectivity index (χ4n) is 17.7. The molecule has 8 aliphatic carbocycles. The number of fused-ring (bicyclic) bond motifs is 4. The minimum atomic E-state index is -1.11.